The molecule has 4 N–H and O–H groups in total. The lowest BCUT2D eigenvalue weighted by Gasteiger charge is -2.25. The van der Waals surface area contributed by atoms with Gasteiger partial charge in [0.1, 0.15) is 0 Å². The minimum absolute atomic E-state index is 0.514. The van der Waals surface area contributed by atoms with Crippen LogP contribution in [0.2, 0.25) is 0 Å². The van der Waals surface area contributed by atoms with Crippen molar-refractivity contribution in [3.05, 3.63) is 16.3 Å². The maximum atomic E-state index is 11.1. The van der Waals surface area contributed by atoms with Crippen LogP contribution in [0.15, 0.2) is 11.4 Å². The zero-order valence-electron chi connectivity index (χ0n) is 10.3. The van der Waals surface area contributed by atoms with Crippen molar-refractivity contribution in [2.75, 3.05) is 18.5 Å². The highest BCUT2D eigenvalue weighted by molar-refractivity contribution is 7.88. The van der Waals surface area contributed by atoms with Crippen LogP contribution in [0.3, 0.4) is 0 Å². The Labute approximate surface area is 106 Å². The fourth-order valence-electron chi connectivity index (χ4n) is 1.52. The minimum atomic E-state index is -3.19. The fraction of sp³-hybridized carbons (Fsp3) is 0.600. The molecular weight excluding hydrogens is 258 g/mol. The summed E-state index contributed by atoms with van der Waals surface area (Å²) in [5.41, 5.74) is 6.01. The van der Waals surface area contributed by atoms with Gasteiger partial charge in [-0.3, -0.25) is 0 Å². The molecule has 0 aliphatic rings. The molecule has 98 valence electrons. The second kappa shape index (κ2) is 5.34. The van der Waals surface area contributed by atoms with Gasteiger partial charge in [0.05, 0.1) is 6.26 Å². The molecule has 0 unspecified atom stereocenters. The lowest BCUT2D eigenvalue weighted by molar-refractivity contribution is 0.422. The molecule has 17 heavy (non-hydrogen) atoms. The molecule has 0 amide bonds. The van der Waals surface area contributed by atoms with Crippen LogP contribution in [0.4, 0.5) is 5.69 Å². The van der Waals surface area contributed by atoms with E-state index < -0.39 is 15.6 Å². The second-order valence-corrected chi connectivity index (χ2v) is 7.41. The molecular formula is C10H19N3O2S2. The highest BCUT2D eigenvalue weighted by Crippen LogP contribution is 2.18. The van der Waals surface area contributed by atoms with Crippen LogP contribution in [0.5, 0.6) is 0 Å². The Hall–Kier alpha value is -0.630. The Bertz CT molecular complexity index is 466. The molecule has 5 nitrogen and oxygen atoms in total. The Balaban J connectivity index is 2.43. The first kappa shape index (κ1) is 14.4. The van der Waals surface area contributed by atoms with E-state index in [0.29, 0.717) is 13.1 Å². The number of hydrogen-bond donors (Lipinski definition) is 3. The van der Waals surface area contributed by atoms with Gasteiger partial charge in [-0.15, -0.1) is 11.3 Å². The molecule has 0 spiro atoms. The van der Waals surface area contributed by atoms with Crippen LogP contribution >= 0.6 is 11.3 Å². The van der Waals surface area contributed by atoms with E-state index in [4.69, 9.17) is 5.73 Å². The van der Waals surface area contributed by atoms with Crippen molar-refractivity contribution < 1.29 is 8.42 Å². The van der Waals surface area contributed by atoms with Gasteiger partial charge in [0, 0.05) is 29.2 Å². The van der Waals surface area contributed by atoms with Gasteiger partial charge in [-0.2, -0.15) is 0 Å². The van der Waals surface area contributed by atoms with Gasteiger partial charge in [-0.1, -0.05) is 0 Å². The van der Waals surface area contributed by atoms with Crippen LogP contribution in [0.25, 0.3) is 0 Å². The first-order chi connectivity index (χ1) is 7.70. The summed E-state index contributed by atoms with van der Waals surface area (Å²) in [6, 6.07) is 1.86. The van der Waals surface area contributed by atoms with Crippen LogP contribution in [-0.2, 0) is 16.6 Å². The quantitative estimate of drug-likeness (QED) is 0.716. The predicted molar refractivity (Wildman–Crippen MR) is 72.5 cm³/mol. The Morgan fingerprint density at radius 3 is 2.59 bits per heavy atom. The smallest absolute Gasteiger partial charge is 0.209 e. The predicted octanol–water partition coefficient (Wildman–Crippen LogP) is 0.748. The number of sulfonamides is 1. The maximum absolute atomic E-state index is 11.1. The Kier molecular flexibility index (Phi) is 4.54. The molecule has 0 radical (unpaired) electrons. The molecule has 1 aromatic heterocycles. The molecule has 0 aromatic carbocycles. The zero-order valence-corrected chi connectivity index (χ0v) is 11.9. The SMILES string of the molecule is CC(C)(CNCc1sccc1N)NS(C)(=O)=O. The first-order valence-electron chi connectivity index (χ1n) is 5.21. The van der Waals surface area contributed by atoms with Crippen molar-refractivity contribution in [3.8, 4) is 0 Å². The summed E-state index contributed by atoms with van der Waals surface area (Å²) in [4.78, 5) is 1.07. The number of anilines is 1. The summed E-state index contributed by atoms with van der Waals surface area (Å²) in [5, 5.41) is 5.13. The van der Waals surface area contributed by atoms with Gasteiger partial charge >= 0.3 is 0 Å². The summed E-state index contributed by atoms with van der Waals surface area (Å²) in [6.07, 6.45) is 1.16. The van der Waals surface area contributed by atoms with E-state index in [1.165, 1.54) is 0 Å². The minimum Gasteiger partial charge on any atom is -0.398 e. The van der Waals surface area contributed by atoms with Crippen molar-refractivity contribution in [2.24, 2.45) is 0 Å². The van der Waals surface area contributed by atoms with Gasteiger partial charge in [-0.25, -0.2) is 13.1 Å². The lowest BCUT2D eigenvalue weighted by atomic mass is 10.1. The second-order valence-electron chi connectivity index (χ2n) is 4.66. The number of nitrogens with two attached hydrogens (primary N) is 1. The topological polar surface area (TPSA) is 84.2 Å². The third-order valence-corrected chi connectivity index (χ3v) is 3.95. The first-order valence-corrected chi connectivity index (χ1v) is 7.98. The van der Waals surface area contributed by atoms with E-state index in [2.05, 4.69) is 10.0 Å². The summed E-state index contributed by atoms with van der Waals surface area (Å²) in [5.74, 6) is 0. The third kappa shape index (κ3) is 5.49. The largest absolute Gasteiger partial charge is 0.398 e. The van der Waals surface area contributed by atoms with Gasteiger partial charge in [0.2, 0.25) is 10.0 Å². The molecule has 1 heterocycles. The third-order valence-electron chi connectivity index (χ3n) is 2.09. The van der Waals surface area contributed by atoms with Crippen molar-refractivity contribution in [1.29, 1.82) is 0 Å². The number of hydrogen-bond acceptors (Lipinski definition) is 5. The van der Waals surface area contributed by atoms with Crippen molar-refractivity contribution in [2.45, 2.75) is 25.9 Å². The van der Waals surface area contributed by atoms with E-state index >= 15 is 0 Å². The number of nitrogens with one attached hydrogen (secondary N) is 2. The van der Waals surface area contributed by atoms with Crippen molar-refractivity contribution in [3.63, 3.8) is 0 Å². The van der Waals surface area contributed by atoms with E-state index in [0.717, 1.165) is 16.8 Å². The van der Waals surface area contributed by atoms with Gasteiger partial charge < -0.3 is 11.1 Å². The molecule has 1 aromatic rings. The highest BCUT2D eigenvalue weighted by Gasteiger charge is 2.21. The lowest BCUT2D eigenvalue weighted by Crippen LogP contribution is -2.49. The van der Waals surface area contributed by atoms with Crippen LogP contribution < -0.4 is 15.8 Å². The average molecular weight is 277 g/mol. The normalized spacial score (nSPS) is 12.9. The molecule has 0 saturated carbocycles. The molecule has 0 aliphatic heterocycles. The standard InChI is InChI=1S/C10H19N3O2S2/c1-10(2,13-17(3,14)15)7-12-6-9-8(11)4-5-16-9/h4-5,12-13H,6-7,11H2,1-3H3. The average Bonchev–Trinajstić information content (AvgIpc) is 2.47. The summed E-state index contributed by atoms with van der Waals surface area (Å²) < 4.78 is 24.8. The molecule has 0 atom stereocenters. The molecule has 0 fully saturated rings. The summed E-state index contributed by atoms with van der Waals surface area (Å²) in [6.45, 7) is 4.85. The number of thiophene rings is 1. The van der Waals surface area contributed by atoms with Crippen LogP contribution in [-0.4, -0.2) is 26.8 Å². The van der Waals surface area contributed by atoms with E-state index in [9.17, 15) is 8.42 Å². The van der Waals surface area contributed by atoms with Crippen LogP contribution in [0.1, 0.15) is 18.7 Å². The van der Waals surface area contributed by atoms with Gasteiger partial charge in [0.25, 0.3) is 0 Å². The summed E-state index contributed by atoms with van der Waals surface area (Å²) >= 11 is 1.59. The Morgan fingerprint density at radius 2 is 2.12 bits per heavy atom. The fourth-order valence-corrected chi connectivity index (χ4v) is 3.37. The molecule has 0 aliphatic carbocycles. The van der Waals surface area contributed by atoms with Crippen molar-refractivity contribution in [1.82, 2.24) is 10.0 Å². The molecule has 1 rings (SSSR count). The molecule has 0 saturated heterocycles. The van der Waals surface area contributed by atoms with E-state index in [-0.39, 0.29) is 0 Å². The van der Waals surface area contributed by atoms with E-state index in [1.807, 2.05) is 25.3 Å². The summed E-state index contributed by atoms with van der Waals surface area (Å²) in [7, 11) is -3.19. The number of nitrogen functional groups attached to an aromatic ring is 1. The Morgan fingerprint density at radius 1 is 1.47 bits per heavy atom. The van der Waals surface area contributed by atoms with Gasteiger partial charge in [-0.05, 0) is 25.3 Å². The van der Waals surface area contributed by atoms with E-state index in [1.54, 1.807) is 11.3 Å². The maximum Gasteiger partial charge on any atom is 0.209 e. The van der Waals surface area contributed by atoms with Gasteiger partial charge in [0.15, 0.2) is 0 Å². The number of rotatable bonds is 6. The van der Waals surface area contributed by atoms with Crippen LogP contribution in [0, 0.1) is 0 Å². The monoisotopic (exact) mass is 277 g/mol. The highest BCUT2D eigenvalue weighted by atomic mass is 32.2. The molecule has 0 bridgehead atoms. The molecule has 7 heteroatoms. The van der Waals surface area contributed by atoms with Crippen molar-refractivity contribution >= 4 is 27.0 Å². The zero-order chi connectivity index (χ0) is 13.1.